The van der Waals surface area contributed by atoms with Gasteiger partial charge in [0.2, 0.25) is 5.91 Å². The van der Waals surface area contributed by atoms with Crippen LogP contribution < -0.4 is 5.32 Å². The molecule has 0 radical (unpaired) electrons. The fraction of sp³-hybridized carbons (Fsp3) is 0.941. The van der Waals surface area contributed by atoms with E-state index in [-0.39, 0.29) is 0 Å². The zero-order valence-electron chi connectivity index (χ0n) is 13.4. The van der Waals surface area contributed by atoms with Crippen molar-refractivity contribution in [3.8, 4) is 0 Å². The van der Waals surface area contributed by atoms with Crippen molar-refractivity contribution in [3.05, 3.63) is 0 Å². The fourth-order valence-electron chi connectivity index (χ4n) is 4.26. The Morgan fingerprint density at radius 1 is 0.952 bits per heavy atom. The molecule has 1 N–H and O–H groups in total. The fourth-order valence-corrected chi connectivity index (χ4v) is 4.26. The number of piperidine rings is 1. The first-order chi connectivity index (χ1) is 10.3. The van der Waals surface area contributed by atoms with E-state index in [2.05, 4.69) is 15.1 Å². The molecular formula is C17H31N3O. The van der Waals surface area contributed by atoms with Gasteiger partial charge in [-0.15, -0.1) is 0 Å². The zero-order chi connectivity index (χ0) is 14.5. The van der Waals surface area contributed by atoms with Crippen LogP contribution in [0.1, 0.15) is 51.4 Å². The van der Waals surface area contributed by atoms with Gasteiger partial charge in [0.1, 0.15) is 0 Å². The molecule has 2 aliphatic heterocycles. The topological polar surface area (TPSA) is 35.6 Å². The third-order valence-electron chi connectivity index (χ3n) is 5.73. The number of amides is 1. The Morgan fingerprint density at radius 2 is 1.62 bits per heavy atom. The maximum atomic E-state index is 12.4. The monoisotopic (exact) mass is 293 g/mol. The van der Waals surface area contributed by atoms with Gasteiger partial charge in [-0.05, 0) is 51.1 Å². The van der Waals surface area contributed by atoms with Gasteiger partial charge in [-0.25, -0.2) is 0 Å². The molecule has 2 heterocycles. The van der Waals surface area contributed by atoms with E-state index in [0.717, 1.165) is 64.1 Å². The molecule has 0 aromatic rings. The van der Waals surface area contributed by atoms with Crippen LogP contribution in [0.3, 0.4) is 0 Å². The normalized spacial score (nSPS) is 26.4. The Bertz CT molecular complexity index is 327. The van der Waals surface area contributed by atoms with Crippen LogP contribution in [0.4, 0.5) is 0 Å². The molecule has 1 amide bonds. The van der Waals surface area contributed by atoms with Crippen LogP contribution >= 0.6 is 0 Å². The summed E-state index contributed by atoms with van der Waals surface area (Å²) in [5, 5.41) is 3.40. The molecule has 3 rings (SSSR count). The highest BCUT2D eigenvalue weighted by molar-refractivity contribution is 5.76. The number of rotatable bonds is 4. The van der Waals surface area contributed by atoms with Gasteiger partial charge in [0.25, 0.3) is 0 Å². The largest absolute Gasteiger partial charge is 0.340 e. The Hall–Kier alpha value is -0.610. The molecule has 4 heteroatoms. The molecule has 0 spiro atoms. The molecule has 120 valence electrons. The van der Waals surface area contributed by atoms with Gasteiger partial charge in [0, 0.05) is 38.6 Å². The lowest BCUT2D eigenvalue weighted by Gasteiger charge is -2.38. The zero-order valence-corrected chi connectivity index (χ0v) is 13.4. The molecule has 1 aliphatic carbocycles. The van der Waals surface area contributed by atoms with Gasteiger partial charge in [0.15, 0.2) is 0 Å². The van der Waals surface area contributed by atoms with Crippen LogP contribution in [0.15, 0.2) is 0 Å². The van der Waals surface area contributed by atoms with E-state index >= 15 is 0 Å². The van der Waals surface area contributed by atoms with Gasteiger partial charge < -0.3 is 10.2 Å². The Labute approximate surface area is 129 Å². The maximum Gasteiger partial charge on any atom is 0.222 e. The molecule has 3 fully saturated rings. The quantitative estimate of drug-likeness (QED) is 0.859. The number of nitrogens with zero attached hydrogens (tertiary/aromatic N) is 2. The summed E-state index contributed by atoms with van der Waals surface area (Å²) in [6.07, 6.45) is 9.94. The summed E-state index contributed by atoms with van der Waals surface area (Å²) < 4.78 is 0. The minimum absolute atomic E-state index is 0.402. The molecule has 0 atom stereocenters. The van der Waals surface area contributed by atoms with E-state index in [4.69, 9.17) is 0 Å². The second kappa shape index (κ2) is 7.59. The van der Waals surface area contributed by atoms with Crippen molar-refractivity contribution in [2.45, 2.75) is 57.4 Å². The summed E-state index contributed by atoms with van der Waals surface area (Å²) in [6, 6.07) is 0.817. The van der Waals surface area contributed by atoms with Crippen molar-refractivity contribution in [2.75, 3.05) is 39.3 Å². The highest BCUT2D eigenvalue weighted by Gasteiger charge is 2.27. The average Bonchev–Trinajstić information content (AvgIpc) is 3.08. The first-order valence-electron chi connectivity index (χ1n) is 9.05. The first kappa shape index (κ1) is 15.3. The molecule has 0 unspecified atom stereocenters. The number of hydrogen-bond acceptors (Lipinski definition) is 3. The van der Waals surface area contributed by atoms with Crippen molar-refractivity contribution in [2.24, 2.45) is 5.92 Å². The Kier molecular flexibility index (Phi) is 5.53. The van der Waals surface area contributed by atoms with Crippen LogP contribution in [0, 0.1) is 5.92 Å². The van der Waals surface area contributed by atoms with E-state index in [1.165, 1.54) is 38.5 Å². The van der Waals surface area contributed by atoms with Crippen molar-refractivity contribution in [1.82, 2.24) is 15.1 Å². The summed E-state index contributed by atoms with van der Waals surface area (Å²) in [5.41, 5.74) is 0. The molecule has 21 heavy (non-hydrogen) atoms. The second-order valence-electron chi connectivity index (χ2n) is 7.09. The van der Waals surface area contributed by atoms with Crippen molar-refractivity contribution in [1.29, 1.82) is 0 Å². The molecule has 3 aliphatic rings. The van der Waals surface area contributed by atoms with E-state index in [1.807, 2.05) is 0 Å². The number of nitrogens with one attached hydrogen (secondary N) is 1. The van der Waals surface area contributed by atoms with Crippen LogP contribution in [-0.4, -0.2) is 61.0 Å². The molecule has 0 aromatic heterocycles. The molecule has 2 saturated heterocycles. The van der Waals surface area contributed by atoms with Crippen molar-refractivity contribution in [3.63, 3.8) is 0 Å². The highest BCUT2D eigenvalue weighted by atomic mass is 16.2. The predicted octanol–water partition coefficient (Wildman–Crippen LogP) is 1.85. The van der Waals surface area contributed by atoms with Crippen LogP contribution in [0.5, 0.6) is 0 Å². The summed E-state index contributed by atoms with van der Waals surface area (Å²) in [7, 11) is 0. The van der Waals surface area contributed by atoms with Gasteiger partial charge in [-0.2, -0.15) is 0 Å². The lowest BCUT2D eigenvalue weighted by atomic mass is 9.93. The number of hydrogen-bond donors (Lipinski definition) is 1. The summed E-state index contributed by atoms with van der Waals surface area (Å²) in [4.78, 5) is 17.1. The Morgan fingerprint density at radius 3 is 2.29 bits per heavy atom. The summed E-state index contributed by atoms with van der Waals surface area (Å²) in [5.74, 6) is 1.18. The maximum absolute atomic E-state index is 12.4. The smallest absolute Gasteiger partial charge is 0.222 e. The number of carbonyl (C=O) groups is 1. The third-order valence-corrected chi connectivity index (χ3v) is 5.73. The standard InChI is InChI=1S/C17H31N3O/c21-17(6-5-15-7-9-18-10-8-15)20-13-11-19(12-14-20)16-3-1-2-4-16/h15-16,18H,1-14H2. The van der Waals surface area contributed by atoms with E-state index < -0.39 is 0 Å². The Balaban J connectivity index is 1.36. The molecule has 0 aromatic carbocycles. The van der Waals surface area contributed by atoms with Gasteiger partial charge in [-0.1, -0.05) is 12.8 Å². The average molecular weight is 293 g/mol. The molecule has 1 saturated carbocycles. The summed E-state index contributed by atoms with van der Waals surface area (Å²) in [6.45, 7) is 6.40. The SMILES string of the molecule is O=C(CCC1CCNCC1)N1CCN(C2CCCC2)CC1. The molecular weight excluding hydrogens is 262 g/mol. The second-order valence-corrected chi connectivity index (χ2v) is 7.09. The van der Waals surface area contributed by atoms with E-state index in [9.17, 15) is 4.79 Å². The molecule has 4 nitrogen and oxygen atoms in total. The van der Waals surface area contributed by atoms with Crippen molar-refractivity contribution >= 4 is 5.91 Å². The van der Waals surface area contributed by atoms with Crippen LogP contribution in [0.25, 0.3) is 0 Å². The lowest BCUT2D eigenvalue weighted by Crippen LogP contribution is -2.51. The van der Waals surface area contributed by atoms with E-state index in [1.54, 1.807) is 0 Å². The first-order valence-corrected chi connectivity index (χ1v) is 9.05. The summed E-state index contributed by atoms with van der Waals surface area (Å²) >= 11 is 0. The van der Waals surface area contributed by atoms with Gasteiger partial charge in [0.05, 0.1) is 0 Å². The number of carbonyl (C=O) groups excluding carboxylic acids is 1. The van der Waals surface area contributed by atoms with Gasteiger partial charge in [-0.3, -0.25) is 9.69 Å². The lowest BCUT2D eigenvalue weighted by molar-refractivity contribution is -0.133. The van der Waals surface area contributed by atoms with Gasteiger partial charge >= 0.3 is 0 Å². The predicted molar refractivity (Wildman–Crippen MR) is 85.2 cm³/mol. The van der Waals surface area contributed by atoms with E-state index in [0.29, 0.717) is 5.91 Å². The van der Waals surface area contributed by atoms with Crippen LogP contribution in [-0.2, 0) is 4.79 Å². The minimum Gasteiger partial charge on any atom is -0.340 e. The number of piperazine rings is 1. The molecule has 0 bridgehead atoms. The highest BCUT2D eigenvalue weighted by Crippen LogP contribution is 2.24. The minimum atomic E-state index is 0.402. The third kappa shape index (κ3) is 4.19. The van der Waals surface area contributed by atoms with Crippen LogP contribution in [0.2, 0.25) is 0 Å². The van der Waals surface area contributed by atoms with Crippen molar-refractivity contribution < 1.29 is 4.79 Å².